The van der Waals surface area contributed by atoms with Crippen LogP contribution < -0.4 is 0 Å². The third-order valence-electron chi connectivity index (χ3n) is 2.20. The minimum absolute atomic E-state index is 0.393. The van der Waals surface area contributed by atoms with Crippen molar-refractivity contribution in [3.8, 4) is 0 Å². The van der Waals surface area contributed by atoms with Gasteiger partial charge in [-0.1, -0.05) is 11.6 Å². The van der Waals surface area contributed by atoms with Crippen molar-refractivity contribution in [3.63, 3.8) is 0 Å². The number of fused-ring (bicyclic) bond motifs is 1. The Morgan fingerprint density at radius 3 is 3.00 bits per heavy atom. The van der Waals surface area contributed by atoms with Gasteiger partial charge in [-0.25, -0.2) is 4.79 Å². The van der Waals surface area contributed by atoms with Gasteiger partial charge < -0.3 is 9.30 Å². The van der Waals surface area contributed by atoms with Crippen LogP contribution in [-0.4, -0.2) is 22.6 Å². The number of pyridine rings is 1. The summed E-state index contributed by atoms with van der Waals surface area (Å²) in [4.78, 5) is 15.5. The number of aromatic nitrogens is 2. The summed E-state index contributed by atoms with van der Waals surface area (Å²) in [5.74, 6) is -0.393. The summed E-state index contributed by atoms with van der Waals surface area (Å²) in [7, 11) is 3.17. The third-order valence-corrected chi connectivity index (χ3v) is 2.40. The van der Waals surface area contributed by atoms with Crippen LogP contribution >= 0.6 is 11.6 Å². The molecule has 0 unspecified atom stereocenters. The van der Waals surface area contributed by atoms with Crippen LogP contribution in [0.2, 0.25) is 5.02 Å². The smallest absolute Gasteiger partial charge is 0.341 e. The normalized spacial score (nSPS) is 10.6. The number of carbonyl (C=O) groups excluding carboxylic acids is 1. The fourth-order valence-electron chi connectivity index (χ4n) is 1.49. The number of methoxy groups -OCH3 is 1. The fraction of sp³-hybridized carbons (Fsp3) is 0.200. The van der Waals surface area contributed by atoms with E-state index in [2.05, 4.69) is 9.72 Å². The molecule has 0 saturated carbocycles. The third kappa shape index (κ3) is 1.57. The topological polar surface area (TPSA) is 44.1 Å². The van der Waals surface area contributed by atoms with Crippen LogP contribution in [0.3, 0.4) is 0 Å². The van der Waals surface area contributed by atoms with Crippen molar-refractivity contribution < 1.29 is 9.53 Å². The number of rotatable bonds is 1. The van der Waals surface area contributed by atoms with Crippen LogP contribution in [0, 0.1) is 0 Å². The van der Waals surface area contributed by atoms with Gasteiger partial charge in [0.1, 0.15) is 11.1 Å². The minimum atomic E-state index is -0.393. The average Bonchev–Trinajstić information content (AvgIpc) is 2.55. The summed E-state index contributed by atoms with van der Waals surface area (Å²) in [6.07, 6.45) is 3.19. The van der Waals surface area contributed by atoms with Gasteiger partial charge in [-0.3, -0.25) is 4.98 Å². The molecule has 0 saturated heterocycles. The summed E-state index contributed by atoms with van der Waals surface area (Å²) in [5, 5.41) is 0.542. The maximum atomic E-state index is 11.4. The molecule has 78 valence electrons. The second-order valence-corrected chi connectivity index (χ2v) is 3.60. The molecule has 2 rings (SSSR count). The fourth-order valence-corrected chi connectivity index (χ4v) is 1.64. The predicted octanol–water partition coefficient (Wildman–Crippen LogP) is 2.01. The number of hydrogen-bond donors (Lipinski definition) is 0. The van der Waals surface area contributed by atoms with Crippen molar-refractivity contribution in [2.24, 2.45) is 7.05 Å². The first-order valence-electron chi connectivity index (χ1n) is 4.32. The molecule has 4 nitrogen and oxygen atoms in total. The van der Waals surface area contributed by atoms with Crippen LogP contribution in [0.5, 0.6) is 0 Å². The molecule has 0 fully saturated rings. The Morgan fingerprint density at radius 2 is 2.33 bits per heavy atom. The molecule has 0 N–H and O–H groups in total. The summed E-state index contributed by atoms with van der Waals surface area (Å²) in [6, 6.07) is 1.76. The van der Waals surface area contributed by atoms with Crippen molar-refractivity contribution >= 4 is 28.6 Å². The SMILES string of the molecule is COC(=O)c1cn(C)c2cc(Cl)cnc12. The van der Waals surface area contributed by atoms with Gasteiger partial charge in [0.05, 0.1) is 17.6 Å². The number of esters is 1. The van der Waals surface area contributed by atoms with Crippen LogP contribution in [0.4, 0.5) is 0 Å². The number of halogens is 1. The zero-order valence-electron chi connectivity index (χ0n) is 8.32. The van der Waals surface area contributed by atoms with E-state index in [0.29, 0.717) is 16.1 Å². The lowest BCUT2D eigenvalue weighted by atomic mass is 10.3. The first kappa shape index (κ1) is 9.98. The maximum Gasteiger partial charge on any atom is 0.341 e. The molecule has 0 aliphatic rings. The highest BCUT2D eigenvalue weighted by Gasteiger charge is 2.15. The van der Waals surface area contributed by atoms with E-state index in [9.17, 15) is 4.79 Å². The quantitative estimate of drug-likeness (QED) is 0.696. The zero-order chi connectivity index (χ0) is 11.0. The molecule has 2 heterocycles. The standard InChI is InChI=1S/C10H9ClN2O2/c1-13-5-7(10(14)15-2)9-8(13)3-6(11)4-12-9/h3-5H,1-2H3. The molecule has 2 aromatic rings. The lowest BCUT2D eigenvalue weighted by Gasteiger charge is -1.96. The van der Waals surface area contributed by atoms with E-state index in [-0.39, 0.29) is 0 Å². The summed E-state index contributed by atoms with van der Waals surface area (Å²) < 4.78 is 6.45. The van der Waals surface area contributed by atoms with Crippen molar-refractivity contribution in [2.75, 3.05) is 7.11 Å². The van der Waals surface area contributed by atoms with E-state index >= 15 is 0 Å². The zero-order valence-corrected chi connectivity index (χ0v) is 9.08. The van der Waals surface area contributed by atoms with Crippen molar-refractivity contribution in [3.05, 3.63) is 29.0 Å². The van der Waals surface area contributed by atoms with Crippen LogP contribution in [0.15, 0.2) is 18.5 Å². The van der Waals surface area contributed by atoms with Gasteiger partial charge in [0.2, 0.25) is 0 Å². The molecule has 5 heteroatoms. The maximum absolute atomic E-state index is 11.4. The molecule has 15 heavy (non-hydrogen) atoms. The van der Waals surface area contributed by atoms with Crippen LogP contribution in [0.25, 0.3) is 11.0 Å². The van der Waals surface area contributed by atoms with E-state index in [1.54, 1.807) is 16.8 Å². The Morgan fingerprint density at radius 1 is 1.60 bits per heavy atom. The van der Waals surface area contributed by atoms with Gasteiger partial charge in [-0.05, 0) is 6.07 Å². The summed E-state index contributed by atoms with van der Waals surface area (Å²) in [6.45, 7) is 0. The van der Waals surface area contributed by atoms with Gasteiger partial charge >= 0.3 is 5.97 Å². The van der Waals surface area contributed by atoms with Gasteiger partial charge in [0, 0.05) is 19.4 Å². The molecule has 2 aromatic heterocycles. The van der Waals surface area contributed by atoms with E-state index in [4.69, 9.17) is 11.6 Å². The Balaban J connectivity index is 2.73. The molecular formula is C10H9ClN2O2. The Kier molecular flexibility index (Phi) is 2.36. The second-order valence-electron chi connectivity index (χ2n) is 3.17. The second kappa shape index (κ2) is 3.55. The number of ether oxygens (including phenoxy) is 1. The minimum Gasteiger partial charge on any atom is -0.465 e. The molecule has 0 radical (unpaired) electrons. The predicted molar refractivity (Wildman–Crippen MR) is 57.1 cm³/mol. The number of carbonyl (C=O) groups is 1. The molecule has 0 aliphatic heterocycles. The molecule has 0 aliphatic carbocycles. The lowest BCUT2D eigenvalue weighted by Crippen LogP contribution is -2.00. The van der Waals surface area contributed by atoms with Crippen LogP contribution in [0.1, 0.15) is 10.4 Å². The highest BCUT2D eigenvalue weighted by atomic mass is 35.5. The molecule has 0 amide bonds. The van der Waals surface area contributed by atoms with E-state index in [0.717, 1.165) is 5.52 Å². The number of nitrogens with zero attached hydrogens (tertiary/aromatic N) is 2. The highest BCUT2D eigenvalue weighted by Crippen LogP contribution is 2.21. The van der Waals surface area contributed by atoms with Gasteiger partial charge in [-0.2, -0.15) is 0 Å². The lowest BCUT2D eigenvalue weighted by molar-refractivity contribution is 0.0602. The van der Waals surface area contributed by atoms with Gasteiger partial charge in [-0.15, -0.1) is 0 Å². The first-order valence-corrected chi connectivity index (χ1v) is 4.70. The van der Waals surface area contributed by atoms with Crippen molar-refractivity contribution in [2.45, 2.75) is 0 Å². The summed E-state index contributed by atoms with van der Waals surface area (Å²) >= 11 is 5.82. The van der Waals surface area contributed by atoms with E-state index < -0.39 is 5.97 Å². The molecule has 0 atom stereocenters. The number of aryl methyl sites for hydroxylation is 1. The van der Waals surface area contributed by atoms with Gasteiger partial charge in [0.25, 0.3) is 0 Å². The van der Waals surface area contributed by atoms with E-state index in [1.165, 1.54) is 13.3 Å². The summed E-state index contributed by atoms with van der Waals surface area (Å²) in [5.41, 5.74) is 1.86. The van der Waals surface area contributed by atoms with Crippen molar-refractivity contribution in [1.82, 2.24) is 9.55 Å². The van der Waals surface area contributed by atoms with Gasteiger partial charge in [0.15, 0.2) is 0 Å². The Hall–Kier alpha value is -1.55. The molecule has 0 spiro atoms. The first-order chi connectivity index (χ1) is 7.13. The van der Waals surface area contributed by atoms with Crippen molar-refractivity contribution in [1.29, 1.82) is 0 Å². The molecule has 0 bridgehead atoms. The number of hydrogen-bond acceptors (Lipinski definition) is 3. The van der Waals surface area contributed by atoms with E-state index in [1.807, 2.05) is 7.05 Å². The highest BCUT2D eigenvalue weighted by molar-refractivity contribution is 6.31. The molecular weight excluding hydrogens is 216 g/mol. The largest absolute Gasteiger partial charge is 0.465 e. The van der Waals surface area contributed by atoms with Crippen LogP contribution in [-0.2, 0) is 11.8 Å². The Labute approximate surface area is 91.4 Å². The monoisotopic (exact) mass is 224 g/mol. The molecule has 0 aromatic carbocycles. The Bertz CT molecular complexity index is 533. The average molecular weight is 225 g/mol.